The molecule has 2 unspecified atom stereocenters. The van der Waals surface area contributed by atoms with Crippen molar-refractivity contribution in [2.45, 2.75) is 25.3 Å². The summed E-state index contributed by atoms with van der Waals surface area (Å²) in [5, 5.41) is 15.6. The smallest absolute Gasteiger partial charge is 0.131 e. The number of nitrogens with one attached hydrogen (secondary N) is 2. The Labute approximate surface area is 95.3 Å². The van der Waals surface area contributed by atoms with Gasteiger partial charge in [0.25, 0.3) is 0 Å². The zero-order valence-corrected chi connectivity index (χ0v) is 9.48. The Morgan fingerprint density at radius 1 is 1.38 bits per heavy atom. The van der Waals surface area contributed by atoms with Crippen molar-refractivity contribution in [1.29, 1.82) is 0 Å². The van der Waals surface area contributed by atoms with Crippen LogP contribution in [0.4, 0.5) is 11.6 Å². The van der Waals surface area contributed by atoms with Gasteiger partial charge in [0.15, 0.2) is 0 Å². The van der Waals surface area contributed by atoms with Gasteiger partial charge in [0.1, 0.15) is 18.0 Å². The predicted molar refractivity (Wildman–Crippen MR) is 63.4 cm³/mol. The van der Waals surface area contributed by atoms with E-state index in [9.17, 15) is 5.11 Å². The molecule has 2 rings (SSSR count). The summed E-state index contributed by atoms with van der Waals surface area (Å²) < 4.78 is 0. The first kappa shape index (κ1) is 11.1. The van der Waals surface area contributed by atoms with Gasteiger partial charge in [-0.1, -0.05) is 6.42 Å². The molecule has 1 aliphatic rings. The van der Waals surface area contributed by atoms with Gasteiger partial charge < -0.3 is 15.7 Å². The second kappa shape index (κ2) is 5.12. The number of anilines is 2. The van der Waals surface area contributed by atoms with Gasteiger partial charge in [-0.15, -0.1) is 0 Å². The minimum atomic E-state index is 0.252. The zero-order chi connectivity index (χ0) is 11.4. The maximum absolute atomic E-state index is 9.23. The van der Waals surface area contributed by atoms with Crippen LogP contribution in [0.3, 0.4) is 0 Å². The lowest BCUT2D eigenvalue weighted by Gasteiger charge is -2.19. The SMILES string of the molecule is CNc1cc(NC2CCCC2CO)ncn1. The second-order valence-electron chi connectivity index (χ2n) is 4.16. The summed E-state index contributed by atoms with van der Waals surface area (Å²) >= 11 is 0. The summed E-state index contributed by atoms with van der Waals surface area (Å²) in [6.07, 6.45) is 4.91. The maximum Gasteiger partial charge on any atom is 0.131 e. The minimum Gasteiger partial charge on any atom is -0.396 e. The van der Waals surface area contributed by atoms with Crippen LogP contribution in [0.15, 0.2) is 12.4 Å². The van der Waals surface area contributed by atoms with Crippen LogP contribution in [0.25, 0.3) is 0 Å². The molecule has 0 aliphatic heterocycles. The molecule has 1 aromatic rings. The summed E-state index contributed by atoms with van der Waals surface area (Å²) in [5.41, 5.74) is 0. The fourth-order valence-electron chi connectivity index (χ4n) is 2.21. The van der Waals surface area contributed by atoms with Gasteiger partial charge in [-0.25, -0.2) is 9.97 Å². The van der Waals surface area contributed by atoms with Crippen LogP contribution in [0.1, 0.15) is 19.3 Å². The van der Waals surface area contributed by atoms with Crippen LogP contribution in [0.5, 0.6) is 0 Å². The third-order valence-electron chi connectivity index (χ3n) is 3.15. The molecule has 1 heterocycles. The molecule has 1 aliphatic carbocycles. The van der Waals surface area contributed by atoms with Crippen molar-refractivity contribution in [3.63, 3.8) is 0 Å². The second-order valence-corrected chi connectivity index (χ2v) is 4.16. The molecule has 0 spiro atoms. The quantitative estimate of drug-likeness (QED) is 0.711. The highest BCUT2D eigenvalue weighted by Crippen LogP contribution is 2.27. The van der Waals surface area contributed by atoms with Gasteiger partial charge in [-0.3, -0.25) is 0 Å². The van der Waals surface area contributed by atoms with E-state index in [0.29, 0.717) is 12.0 Å². The molecule has 88 valence electrons. The molecule has 1 fully saturated rings. The lowest BCUT2D eigenvalue weighted by atomic mass is 10.1. The van der Waals surface area contributed by atoms with Crippen molar-refractivity contribution in [1.82, 2.24) is 9.97 Å². The lowest BCUT2D eigenvalue weighted by Crippen LogP contribution is -2.26. The van der Waals surface area contributed by atoms with Gasteiger partial charge in [0.05, 0.1) is 0 Å². The van der Waals surface area contributed by atoms with Gasteiger partial charge in [-0.05, 0) is 12.8 Å². The van der Waals surface area contributed by atoms with Crippen molar-refractivity contribution in [3.8, 4) is 0 Å². The van der Waals surface area contributed by atoms with E-state index in [1.165, 1.54) is 12.7 Å². The van der Waals surface area contributed by atoms with Crippen molar-refractivity contribution < 1.29 is 5.11 Å². The first-order valence-corrected chi connectivity index (χ1v) is 5.70. The number of hydrogen-bond donors (Lipinski definition) is 3. The number of rotatable bonds is 4. The number of nitrogens with zero attached hydrogens (tertiary/aromatic N) is 2. The third kappa shape index (κ3) is 2.41. The van der Waals surface area contributed by atoms with Gasteiger partial charge in [0, 0.05) is 31.7 Å². The fraction of sp³-hybridized carbons (Fsp3) is 0.636. The Hall–Kier alpha value is -1.36. The highest BCUT2D eigenvalue weighted by molar-refractivity contribution is 5.46. The Balaban J connectivity index is 2.02. The normalized spacial score (nSPS) is 24.4. The van der Waals surface area contributed by atoms with E-state index in [-0.39, 0.29) is 6.61 Å². The molecule has 16 heavy (non-hydrogen) atoms. The van der Waals surface area contributed by atoms with Crippen molar-refractivity contribution in [3.05, 3.63) is 12.4 Å². The number of aromatic nitrogens is 2. The molecule has 2 atom stereocenters. The van der Waals surface area contributed by atoms with E-state index in [2.05, 4.69) is 20.6 Å². The van der Waals surface area contributed by atoms with Crippen LogP contribution in [0.2, 0.25) is 0 Å². The standard InChI is InChI=1S/C11H18N4O/c1-12-10-5-11(14-7-13-10)15-9-4-2-3-8(9)6-16/h5,7-9,16H,2-4,6H2,1H3,(H2,12,13,14,15). The Bertz CT molecular complexity index is 345. The average molecular weight is 222 g/mol. The largest absolute Gasteiger partial charge is 0.396 e. The van der Waals surface area contributed by atoms with Gasteiger partial charge in [-0.2, -0.15) is 0 Å². The first-order valence-electron chi connectivity index (χ1n) is 5.70. The lowest BCUT2D eigenvalue weighted by molar-refractivity contribution is 0.222. The molecule has 0 saturated heterocycles. The maximum atomic E-state index is 9.23. The molecular weight excluding hydrogens is 204 g/mol. The van der Waals surface area contributed by atoms with Crippen molar-refractivity contribution in [2.75, 3.05) is 24.3 Å². The first-order chi connectivity index (χ1) is 7.83. The topological polar surface area (TPSA) is 70.1 Å². The summed E-state index contributed by atoms with van der Waals surface area (Å²) in [5.74, 6) is 1.98. The van der Waals surface area contributed by atoms with E-state index in [1.807, 2.05) is 13.1 Å². The molecule has 1 aromatic heterocycles. The molecule has 5 nitrogen and oxygen atoms in total. The van der Waals surface area contributed by atoms with Crippen molar-refractivity contribution >= 4 is 11.6 Å². The zero-order valence-electron chi connectivity index (χ0n) is 9.48. The summed E-state index contributed by atoms with van der Waals surface area (Å²) in [4.78, 5) is 8.24. The van der Waals surface area contributed by atoms with Crippen LogP contribution >= 0.6 is 0 Å². The highest BCUT2D eigenvalue weighted by Gasteiger charge is 2.26. The molecule has 1 saturated carbocycles. The Morgan fingerprint density at radius 2 is 2.19 bits per heavy atom. The third-order valence-corrected chi connectivity index (χ3v) is 3.15. The molecule has 5 heteroatoms. The predicted octanol–water partition coefficient (Wildman–Crippen LogP) is 1.09. The molecule has 0 radical (unpaired) electrons. The Morgan fingerprint density at radius 3 is 2.94 bits per heavy atom. The van der Waals surface area contributed by atoms with Gasteiger partial charge in [0.2, 0.25) is 0 Å². The molecule has 0 amide bonds. The summed E-state index contributed by atoms with van der Waals surface area (Å²) in [7, 11) is 1.83. The number of aliphatic hydroxyl groups excluding tert-OH is 1. The van der Waals surface area contributed by atoms with E-state index in [1.54, 1.807) is 0 Å². The fourth-order valence-corrected chi connectivity index (χ4v) is 2.21. The van der Waals surface area contributed by atoms with E-state index in [0.717, 1.165) is 24.5 Å². The Kier molecular flexibility index (Phi) is 3.56. The van der Waals surface area contributed by atoms with Crippen molar-refractivity contribution in [2.24, 2.45) is 5.92 Å². The summed E-state index contributed by atoms with van der Waals surface area (Å²) in [6.45, 7) is 0.252. The molecular formula is C11H18N4O. The molecule has 0 aromatic carbocycles. The summed E-state index contributed by atoms with van der Waals surface area (Å²) in [6, 6.07) is 2.22. The van der Waals surface area contributed by atoms with Crippen LogP contribution in [-0.2, 0) is 0 Å². The monoisotopic (exact) mass is 222 g/mol. The van der Waals surface area contributed by atoms with E-state index < -0.39 is 0 Å². The van der Waals surface area contributed by atoms with E-state index in [4.69, 9.17) is 0 Å². The molecule has 3 N–H and O–H groups in total. The van der Waals surface area contributed by atoms with Crippen LogP contribution in [0, 0.1) is 5.92 Å². The highest BCUT2D eigenvalue weighted by atomic mass is 16.3. The minimum absolute atomic E-state index is 0.252. The average Bonchev–Trinajstić information content (AvgIpc) is 2.76. The molecule has 0 bridgehead atoms. The van der Waals surface area contributed by atoms with Crippen LogP contribution < -0.4 is 10.6 Å². The van der Waals surface area contributed by atoms with Crippen LogP contribution in [-0.4, -0.2) is 34.8 Å². The number of hydrogen-bond acceptors (Lipinski definition) is 5. The number of aliphatic hydroxyl groups is 1. The van der Waals surface area contributed by atoms with Gasteiger partial charge >= 0.3 is 0 Å². The van der Waals surface area contributed by atoms with E-state index >= 15 is 0 Å².